The summed E-state index contributed by atoms with van der Waals surface area (Å²) >= 11 is 0. The van der Waals surface area contributed by atoms with E-state index < -0.39 is 68.0 Å². The van der Waals surface area contributed by atoms with Crippen molar-refractivity contribution < 1.29 is 48.3 Å². The maximum Gasteiger partial charge on any atom is 0.430 e. The fourth-order valence-corrected chi connectivity index (χ4v) is 6.83. The van der Waals surface area contributed by atoms with Crippen LogP contribution in [0.2, 0.25) is 0 Å². The first-order valence-corrected chi connectivity index (χ1v) is 15.4. The molecule has 12 nitrogen and oxygen atoms in total. The first kappa shape index (κ1) is 33.8. The zero-order valence-electron chi connectivity index (χ0n) is 22.5. The fraction of sp³-hybridized carbons (Fsp3) is 0.591. The summed E-state index contributed by atoms with van der Waals surface area (Å²) in [4.78, 5) is 10.8. The van der Waals surface area contributed by atoms with Gasteiger partial charge in [-0.25, -0.2) is 31.8 Å². The largest absolute Gasteiger partial charge is 0.430 e. The molecule has 2 aromatic rings. The average molecular weight is 650 g/mol. The quantitative estimate of drug-likeness (QED) is 0.335. The van der Waals surface area contributed by atoms with Gasteiger partial charge >= 0.3 is 12.4 Å². The molecule has 0 aliphatic carbocycles. The number of piperazine rings is 1. The number of alkyl halides is 6. The molecule has 0 spiro atoms. The summed E-state index contributed by atoms with van der Waals surface area (Å²) in [6.07, 6.45) is -10.3. The molecule has 3 heterocycles. The van der Waals surface area contributed by atoms with Gasteiger partial charge in [0.15, 0.2) is 5.82 Å². The number of hydrogen-bond donors (Lipinski definition) is 3. The third kappa shape index (κ3) is 6.62. The summed E-state index contributed by atoms with van der Waals surface area (Å²) in [7, 11) is -8.29. The summed E-state index contributed by atoms with van der Waals surface area (Å²) < 4.78 is 135. The zero-order valence-corrected chi connectivity index (χ0v) is 24.1. The van der Waals surface area contributed by atoms with Gasteiger partial charge in [0.25, 0.3) is 5.60 Å². The van der Waals surface area contributed by atoms with Crippen LogP contribution in [-0.2, 0) is 31.2 Å². The number of aromatic nitrogens is 3. The molecule has 1 atom stereocenters. The molecule has 0 unspecified atom stereocenters. The van der Waals surface area contributed by atoms with Crippen molar-refractivity contribution in [2.75, 3.05) is 44.7 Å². The molecule has 3 rings (SSSR count). The molecule has 0 radical (unpaired) electrons. The maximum absolute atomic E-state index is 13.4. The highest BCUT2D eigenvalue weighted by Crippen LogP contribution is 2.49. The van der Waals surface area contributed by atoms with Gasteiger partial charge in [-0.3, -0.25) is 0 Å². The van der Waals surface area contributed by atoms with Crippen LogP contribution in [0.4, 0.5) is 32.2 Å². The van der Waals surface area contributed by atoms with Gasteiger partial charge in [-0.2, -0.15) is 35.0 Å². The Morgan fingerprint density at radius 2 is 1.62 bits per heavy atom. The molecule has 0 bridgehead atoms. The second-order valence-corrected chi connectivity index (χ2v) is 14.1. The monoisotopic (exact) mass is 649 g/mol. The van der Waals surface area contributed by atoms with E-state index in [0.29, 0.717) is 0 Å². The summed E-state index contributed by atoms with van der Waals surface area (Å²) in [5.74, 6) is -0.712. The number of anilines is 1. The van der Waals surface area contributed by atoms with Crippen LogP contribution in [0.3, 0.4) is 0 Å². The SMILES string of the molecule is CC(C)CN(C[C@@]1(c2ncc(C(O)(C(F)(F)F)C(F)(F)F)cn2)CN(S(=O)(=O)c2ccc(N)nc2)CCN1)S(C)(=O)=O. The molecule has 0 saturated carbocycles. The molecular formula is C22H29F6N7O5S2. The lowest BCUT2D eigenvalue weighted by molar-refractivity contribution is -0.376. The van der Waals surface area contributed by atoms with E-state index in [-0.39, 0.29) is 48.7 Å². The van der Waals surface area contributed by atoms with E-state index in [4.69, 9.17) is 5.73 Å². The van der Waals surface area contributed by atoms with Crippen molar-refractivity contribution in [2.45, 2.75) is 42.2 Å². The summed E-state index contributed by atoms with van der Waals surface area (Å²) in [5, 5.41) is 12.7. The van der Waals surface area contributed by atoms with Crippen molar-refractivity contribution in [1.29, 1.82) is 0 Å². The lowest BCUT2D eigenvalue weighted by Gasteiger charge is -2.44. The van der Waals surface area contributed by atoms with Gasteiger partial charge in [-0.15, -0.1) is 0 Å². The molecule has 1 saturated heterocycles. The Kier molecular flexibility index (Phi) is 9.23. The summed E-state index contributed by atoms with van der Waals surface area (Å²) in [6, 6.07) is 2.42. The van der Waals surface area contributed by atoms with Crippen LogP contribution >= 0.6 is 0 Å². The highest BCUT2D eigenvalue weighted by atomic mass is 32.2. The number of pyridine rings is 1. The van der Waals surface area contributed by atoms with Gasteiger partial charge in [0.2, 0.25) is 20.0 Å². The van der Waals surface area contributed by atoms with Crippen LogP contribution in [-0.4, -0.2) is 96.8 Å². The number of halogens is 6. The Morgan fingerprint density at radius 3 is 2.07 bits per heavy atom. The number of hydrogen-bond acceptors (Lipinski definition) is 10. The van der Waals surface area contributed by atoms with Crippen molar-refractivity contribution in [3.63, 3.8) is 0 Å². The predicted octanol–water partition coefficient (Wildman–Crippen LogP) is 1.17. The molecule has 1 fully saturated rings. The van der Waals surface area contributed by atoms with Gasteiger partial charge in [-0.1, -0.05) is 13.8 Å². The van der Waals surface area contributed by atoms with Crippen molar-refractivity contribution in [3.8, 4) is 0 Å². The predicted molar refractivity (Wildman–Crippen MR) is 136 cm³/mol. The van der Waals surface area contributed by atoms with Gasteiger partial charge in [-0.05, 0) is 18.1 Å². The van der Waals surface area contributed by atoms with Crippen molar-refractivity contribution in [1.82, 2.24) is 28.9 Å². The van der Waals surface area contributed by atoms with Gasteiger partial charge < -0.3 is 16.2 Å². The normalized spacial score (nSPS) is 19.9. The van der Waals surface area contributed by atoms with Crippen LogP contribution in [0.5, 0.6) is 0 Å². The maximum atomic E-state index is 13.4. The molecule has 4 N–H and O–H groups in total. The molecule has 1 aliphatic heterocycles. The van der Waals surface area contributed by atoms with Gasteiger partial charge in [0.1, 0.15) is 16.3 Å². The van der Waals surface area contributed by atoms with Crippen LogP contribution in [0.15, 0.2) is 35.6 Å². The third-order valence-corrected chi connectivity index (χ3v) is 9.51. The number of nitrogens with two attached hydrogens (primary N) is 1. The molecule has 0 amide bonds. The Morgan fingerprint density at radius 1 is 1.05 bits per heavy atom. The Hall–Kier alpha value is -2.65. The molecular weight excluding hydrogens is 620 g/mol. The fourth-order valence-electron chi connectivity index (χ4n) is 4.36. The molecule has 42 heavy (non-hydrogen) atoms. The second-order valence-electron chi connectivity index (χ2n) is 10.2. The Balaban J connectivity index is 2.17. The number of nitrogens with zero attached hydrogens (tertiary/aromatic N) is 5. The van der Waals surface area contributed by atoms with Crippen molar-refractivity contribution in [2.24, 2.45) is 5.92 Å². The van der Waals surface area contributed by atoms with E-state index in [1.54, 1.807) is 13.8 Å². The topological polar surface area (TPSA) is 172 Å². The standard InChI is InChI=1S/C22H29F6N7O5S2/c1-14(2)11-35(41(3,37)38)13-19(12-34(7-6-33-19)42(39,40)16-4-5-17(29)30-10-16)18-31-8-15(9-32-18)20(36,21(23,24)25)22(26,27)28/h4-5,8-10,14,33,36H,6-7,11-13H2,1-3H3,(H2,29,30)/t19-/m1/s1. The smallest absolute Gasteiger partial charge is 0.384 e. The number of rotatable bonds is 9. The molecule has 20 heteroatoms. The minimum absolute atomic E-state index is 0.0345. The number of aliphatic hydroxyl groups is 1. The van der Waals surface area contributed by atoms with Crippen LogP contribution in [0.25, 0.3) is 0 Å². The molecule has 2 aromatic heterocycles. The van der Waals surface area contributed by atoms with E-state index in [1.807, 2.05) is 0 Å². The number of sulfonamides is 2. The van der Waals surface area contributed by atoms with E-state index in [0.717, 1.165) is 21.1 Å². The summed E-state index contributed by atoms with van der Waals surface area (Å²) in [5.41, 5.74) is -3.36. The van der Waals surface area contributed by atoms with Gasteiger partial charge in [0, 0.05) is 56.9 Å². The van der Waals surface area contributed by atoms with Gasteiger partial charge in [0.05, 0.1) is 6.26 Å². The first-order chi connectivity index (χ1) is 19.0. The Bertz CT molecular complexity index is 1460. The minimum atomic E-state index is -6.20. The highest BCUT2D eigenvalue weighted by Gasteiger charge is 2.72. The third-order valence-electron chi connectivity index (χ3n) is 6.47. The van der Waals surface area contributed by atoms with E-state index in [9.17, 15) is 48.3 Å². The molecule has 0 aromatic carbocycles. The minimum Gasteiger partial charge on any atom is -0.384 e. The Labute approximate surface area is 238 Å². The lowest BCUT2D eigenvalue weighted by Crippen LogP contribution is -2.64. The average Bonchev–Trinajstić information content (AvgIpc) is 2.86. The van der Waals surface area contributed by atoms with Crippen LogP contribution in [0, 0.1) is 5.92 Å². The lowest BCUT2D eigenvalue weighted by atomic mass is 9.93. The molecule has 1 aliphatic rings. The first-order valence-electron chi connectivity index (χ1n) is 12.2. The zero-order chi connectivity index (χ0) is 31.9. The van der Waals surface area contributed by atoms with E-state index in [2.05, 4.69) is 20.3 Å². The molecule has 236 valence electrons. The van der Waals surface area contributed by atoms with Crippen molar-refractivity contribution >= 4 is 25.9 Å². The van der Waals surface area contributed by atoms with Crippen LogP contribution < -0.4 is 11.1 Å². The van der Waals surface area contributed by atoms with Crippen LogP contribution in [0.1, 0.15) is 25.2 Å². The van der Waals surface area contributed by atoms with Crippen molar-refractivity contribution in [3.05, 3.63) is 42.1 Å². The van der Waals surface area contributed by atoms with E-state index >= 15 is 0 Å². The highest BCUT2D eigenvalue weighted by molar-refractivity contribution is 7.89. The number of nitrogen functional groups attached to an aromatic ring is 1. The number of nitrogens with one attached hydrogen (secondary N) is 1. The second kappa shape index (κ2) is 11.5. The summed E-state index contributed by atoms with van der Waals surface area (Å²) in [6.45, 7) is 1.91. The van der Waals surface area contributed by atoms with E-state index in [1.165, 1.54) is 12.1 Å².